The second-order valence-corrected chi connectivity index (χ2v) is 8.22. The molecule has 0 bridgehead atoms. The fraction of sp³-hybridized carbons (Fsp3) is 0.308. The summed E-state index contributed by atoms with van der Waals surface area (Å²) in [5.41, 5.74) is 4.03. The van der Waals surface area contributed by atoms with Crippen LogP contribution in [0.4, 0.5) is 5.69 Å². The number of carbonyl (C=O) groups is 1. The molecule has 3 aromatic rings. The van der Waals surface area contributed by atoms with E-state index in [2.05, 4.69) is 22.4 Å². The summed E-state index contributed by atoms with van der Waals surface area (Å²) in [5.74, 6) is 1.54. The zero-order valence-electron chi connectivity index (χ0n) is 18.4. The number of furan rings is 1. The summed E-state index contributed by atoms with van der Waals surface area (Å²) in [7, 11) is 0. The number of rotatable bonds is 6. The summed E-state index contributed by atoms with van der Waals surface area (Å²) in [6.45, 7) is 6.04. The highest BCUT2D eigenvalue weighted by atomic mass is 16.5. The van der Waals surface area contributed by atoms with Gasteiger partial charge < -0.3 is 19.4 Å². The second-order valence-electron chi connectivity index (χ2n) is 8.22. The van der Waals surface area contributed by atoms with Crippen molar-refractivity contribution in [2.45, 2.75) is 39.3 Å². The molecule has 6 heteroatoms. The number of hydrogen-bond donors (Lipinski definition) is 1. The van der Waals surface area contributed by atoms with E-state index < -0.39 is 0 Å². The molecule has 1 fully saturated rings. The van der Waals surface area contributed by atoms with Gasteiger partial charge in [-0.1, -0.05) is 17.7 Å². The molecule has 1 aromatic heterocycles. The molecule has 1 aliphatic rings. The maximum atomic E-state index is 12.6. The number of nitrogens with zero attached hydrogens (tertiary/aromatic N) is 2. The van der Waals surface area contributed by atoms with E-state index in [1.54, 1.807) is 12.1 Å². The van der Waals surface area contributed by atoms with E-state index in [1.165, 1.54) is 5.56 Å². The largest absolute Gasteiger partial charge is 0.485 e. The lowest BCUT2D eigenvalue weighted by molar-refractivity contribution is 0.0899. The van der Waals surface area contributed by atoms with Crippen LogP contribution in [-0.4, -0.2) is 25.0 Å². The Bertz CT molecular complexity index is 1120. The average molecular weight is 430 g/mol. The molecule has 0 spiro atoms. The van der Waals surface area contributed by atoms with Crippen molar-refractivity contribution < 1.29 is 13.9 Å². The molecule has 0 unspecified atom stereocenters. The lowest BCUT2D eigenvalue weighted by atomic mass is 10.0. The zero-order chi connectivity index (χ0) is 22.5. The number of carbonyl (C=O) groups excluding carboxylic acids is 1. The molecular weight excluding hydrogens is 402 g/mol. The van der Waals surface area contributed by atoms with Crippen molar-refractivity contribution in [1.29, 1.82) is 5.26 Å². The van der Waals surface area contributed by atoms with Gasteiger partial charge in [0.15, 0.2) is 5.76 Å². The summed E-state index contributed by atoms with van der Waals surface area (Å²) >= 11 is 0. The van der Waals surface area contributed by atoms with Crippen LogP contribution in [0.5, 0.6) is 5.75 Å². The molecule has 32 heavy (non-hydrogen) atoms. The van der Waals surface area contributed by atoms with Crippen LogP contribution in [-0.2, 0) is 6.61 Å². The molecule has 1 aliphatic heterocycles. The Kier molecular flexibility index (Phi) is 6.46. The monoisotopic (exact) mass is 429 g/mol. The first-order chi connectivity index (χ1) is 15.5. The highest BCUT2D eigenvalue weighted by Gasteiger charge is 2.22. The standard InChI is InChI=1S/C26H27N3O3/c1-18-3-9-24(19(2)15-18)31-17-23-8-10-25(32-23)26(30)28-21-11-13-29(14-12-21)22-6-4-20(16-27)5-7-22/h3-10,15,21H,11-14,17H2,1-2H3,(H,28,30). The van der Waals surface area contributed by atoms with Crippen molar-refractivity contribution in [3.8, 4) is 11.8 Å². The molecule has 164 valence electrons. The minimum absolute atomic E-state index is 0.108. The van der Waals surface area contributed by atoms with Gasteiger partial charge in [0, 0.05) is 24.8 Å². The number of nitrogens with one attached hydrogen (secondary N) is 1. The molecule has 2 aromatic carbocycles. The van der Waals surface area contributed by atoms with Crippen molar-refractivity contribution in [2.24, 2.45) is 0 Å². The number of anilines is 1. The van der Waals surface area contributed by atoms with E-state index in [0.717, 1.165) is 42.9 Å². The maximum Gasteiger partial charge on any atom is 0.287 e. The van der Waals surface area contributed by atoms with Crippen molar-refractivity contribution in [3.63, 3.8) is 0 Å². The van der Waals surface area contributed by atoms with Gasteiger partial charge in [-0.2, -0.15) is 5.26 Å². The van der Waals surface area contributed by atoms with Crippen molar-refractivity contribution in [2.75, 3.05) is 18.0 Å². The third-order valence-electron chi connectivity index (χ3n) is 5.78. The van der Waals surface area contributed by atoms with Crippen LogP contribution in [0.3, 0.4) is 0 Å². The fourth-order valence-electron chi connectivity index (χ4n) is 3.97. The number of hydrogen-bond acceptors (Lipinski definition) is 5. The maximum absolute atomic E-state index is 12.6. The molecule has 0 aliphatic carbocycles. The van der Waals surface area contributed by atoms with Crippen molar-refractivity contribution in [3.05, 3.63) is 82.8 Å². The number of aryl methyl sites for hydroxylation is 2. The molecule has 4 rings (SSSR count). The summed E-state index contributed by atoms with van der Waals surface area (Å²) in [5, 5.41) is 12.0. The van der Waals surface area contributed by atoms with Crippen LogP contribution in [0.25, 0.3) is 0 Å². The average Bonchev–Trinajstić information content (AvgIpc) is 3.28. The molecular formula is C26H27N3O3. The molecule has 1 N–H and O–H groups in total. The van der Waals surface area contributed by atoms with Gasteiger partial charge in [0.25, 0.3) is 5.91 Å². The quantitative estimate of drug-likeness (QED) is 0.612. The number of amides is 1. The Balaban J connectivity index is 1.26. The molecule has 1 amide bonds. The lowest BCUT2D eigenvalue weighted by Crippen LogP contribution is -2.44. The SMILES string of the molecule is Cc1ccc(OCc2ccc(C(=O)NC3CCN(c4ccc(C#N)cc4)CC3)o2)c(C)c1. The van der Waals surface area contributed by atoms with Gasteiger partial charge in [0.05, 0.1) is 11.6 Å². The summed E-state index contributed by atoms with van der Waals surface area (Å²) < 4.78 is 11.6. The Morgan fingerprint density at radius 3 is 2.56 bits per heavy atom. The van der Waals surface area contributed by atoms with Crippen molar-refractivity contribution in [1.82, 2.24) is 5.32 Å². The smallest absolute Gasteiger partial charge is 0.287 e. The van der Waals surface area contributed by atoms with Gasteiger partial charge in [0.2, 0.25) is 0 Å². The van der Waals surface area contributed by atoms with E-state index in [1.807, 2.05) is 50.2 Å². The summed E-state index contributed by atoms with van der Waals surface area (Å²) in [4.78, 5) is 14.9. The first-order valence-electron chi connectivity index (χ1n) is 10.9. The Morgan fingerprint density at radius 2 is 1.88 bits per heavy atom. The zero-order valence-corrected chi connectivity index (χ0v) is 18.4. The van der Waals surface area contributed by atoms with Gasteiger partial charge in [-0.3, -0.25) is 4.79 Å². The summed E-state index contributed by atoms with van der Waals surface area (Å²) in [6, 6.07) is 19.4. The fourth-order valence-corrected chi connectivity index (χ4v) is 3.97. The Labute approximate surface area is 188 Å². The minimum atomic E-state index is -0.195. The Hall–Kier alpha value is -3.72. The van der Waals surface area contributed by atoms with E-state index >= 15 is 0 Å². The molecule has 0 radical (unpaired) electrons. The van der Waals surface area contributed by atoms with E-state index in [9.17, 15) is 4.79 Å². The third kappa shape index (κ3) is 5.12. The van der Waals surface area contributed by atoms with E-state index in [0.29, 0.717) is 17.1 Å². The van der Waals surface area contributed by atoms with Gasteiger partial charge in [-0.25, -0.2) is 0 Å². The molecule has 6 nitrogen and oxygen atoms in total. The molecule has 0 atom stereocenters. The van der Waals surface area contributed by atoms with Gasteiger partial charge in [0.1, 0.15) is 18.1 Å². The molecule has 2 heterocycles. The van der Waals surface area contributed by atoms with Crippen LogP contribution < -0.4 is 15.0 Å². The molecule has 0 saturated carbocycles. The first kappa shape index (κ1) is 21.5. The minimum Gasteiger partial charge on any atom is -0.485 e. The summed E-state index contributed by atoms with van der Waals surface area (Å²) in [6.07, 6.45) is 1.71. The number of piperidine rings is 1. The Morgan fingerprint density at radius 1 is 1.12 bits per heavy atom. The highest BCUT2D eigenvalue weighted by molar-refractivity contribution is 5.91. The van der Waals surface area contributed by atoms with E-state index in [4.69, 9.17) is 14.4 Å². The van der Waals surface area contributed by atoms with Gasteiger partial charge in [-0.05, 0) is 74.7 Å². The number of benzene rings is 2. The van der Waals surface area contributed by atoms with Gasteiger partial charge in [-0.15, -0.1) is 0 Å². The van der Waals surface area contributed by atoms with Crippen LogP contribution >= 0.6 is 0 Å². The predicted octanol–water partition coefficient (Wildman–Crippen LogP) is 4.75. The first-order valence-corrected chi connectivity index (χ1v) is 10.9. The highest BCUT2D eigenvalue weighted by Crippen LogP contribution is 2.22. The van der Waals surface area contributed by atoms with E-state index in [-0.39, 0.29) is 18.6 Å². The van der Waals surface area contributed by atoms with Crippen LogP contribution in [0.1, 0.15) is 45.8 Å². The number of nitriles is 1. The number of ether oxygens (including phenoxy) is 1. The normalized spacial score (nSPS) is 14.1. The second kappa shape index (κ2) is 9.61. The predicted molar refractivity (Wildman–Crippen MR) is 123 cm³/mol. The van der Waals surface area contributed by atoms with Crippen molar-refractivity contribution >= 4 is 11.6 Å². The van der Waals surface area contributed by atoms with Crippen LogP contribution in [0, 0.1) is 25.2 Å². The lowest BCUT2D eigenvalue weighted by Gasteiger charge is -2.33. The van der Waals surface area contributed by atoms with Crippen LogP contribution in [0.15, 0.2) is 59.0 Å². The van der Waals surface area contributed by atoms with Gasteiger partial charge >= 0.3 is 0 Å². The van der Waals surface area contributed by atoms with Crippen LogP contribution in [0.2, 0.25) is 0 Å². The third-order valence-corrected chi connectivity index (χ3v) is 5.78. The molecule has 1 saturated heterocycles. The topological polar surface area (TPSA) is 78.5 Å².